The first-order valence-corrected chi connectivity index (χ1v) is 5.69. The average molecular weight is 235 g/mol. The van der Waals surface area contributed by atoms with Crippen LogP contribution in [-0.2, 0) is 16.0 Å². The summed E-state index contributed by atoms with van der Waals surface area (Å²) in [5.41, 5.74) is 0.548. The van der Waals surface area contributed by atoms with Crippen molar-refractivity contribution in [2.45, 2.75) is 19.3 Å². The Morgan fingerprint density at radius 1 is 1.35 bits per heavy atom. The van der Waals surface area contributed by atoms with Crippen LogP contribution in [0.25, 0.3) is 0 Å². The van der Waals surface area contributed by atoms with Gasteiger partial charge in [0, 0.05) is 19.4 Å². The van der Waals surface area contributed by atoms with E-state index >= 15 is 0 Å². The lowest BCUT2D eigenvalue weighted by Crippen LogP contribution is -2.28. The van der Waals surface area contributed by atoms with Crippen LogP contribution in [0, 0.1) is 5.82 Å². The van der Waals surface area contributed by atoms with Crippen LogP contribution in [-0.4, -0.2) is 29.7 Å². The van der Waals surface area contributed by atoms with Gasteiger partial charge in [0.15, 0.2) is 5.78 Å². The molecule has 0 aromatic heterocycles. The molecule has 1 amide bonds. The summed E-state index contributed by atoms with van der Waals surface area (Å²) in [5.74, 6) is -0.249. The molecule has 1 aliphatic heterocycles. The highest BCUT2D eigenvalue weighted by molar-refractivity contribution is 5.89. The van der Waals surface area contributed by atoms with Crippen LogP contribution in [0.3, 0.4) is 0 Å². The zero-order valence-corrected chi connectivity index (χ0v) is 9.49. The van der Waals surface area contributed by atoms with Gasteiger partial charge in [0.05, 0.1) is 6.54 Å². The summed E-state index contributed by atoms with van der Waals surface area (Å²) < 4.78 is 13.3. The van der Waals surface area contributed by atoms with Gasteiger partial charge in [0.1, 0.15) is 5.82 Å². The fraction of sp³-hybridized carbons (Fsp3) is 0.385. The number of hydrogen-bond acceptors (Lipinski definition) is 2. The van der Waals surface area contributed by atoms with Gasteiger partial charge in [0.25, 0.3) is 0 Å². The molecule has 0 radical (unpaired) electrons. The first-order valence-electron chi connectivity index (χ1n) is 5.69. The molecule has 90 valence electrons. The van der Waals surface area contributed by atoms with Crippen LogP contribution in [0.5, 0.6) is 0 Å². The minimum atomic E-state index is -0.280. The third-order valence-electron chi connectivity index (χ3n) is 2.95. The Morgan fingerprint density at radius 2 is 2.12 bits per heavy atom. The highest BCUT2D eigenvalue weighted by atomic mass is 19.1. The Morgan fingerprint density at radius 3 is 2.76 bits per heavy atom. The van der Waals surface area contributed by atoms with E-state index in [9.17, 15) is 14.0 Å². The highest BCUT2D eigenvalue weighted by Gasteiger charge is 2.23. The minimum absolute atomic E-state index is 0.0703. The molecule has 2 rings (SSSR count). The van der Waals surface area contributed by atoms with E-state index in [-0.39, 0.29) is 30.5 Å². The number of amides is 1. The summed E-state index contributed by atoms with van der Waals surface area (Å²) in [6.07, 6.45) is 1.09. The molecule has 1 aromatic rings. The number of Topliss-reactive ketones (excluding diaryl/α,β-unsaturated/α-hetero) is 1. The molecule has 0 saturated carbocycles. The second kappa shape index (κ2) is 5.08. The van der Waals surface area contributed by atoms with E-state index in [1.54, 1.807) is 23.1 Å². The summed E-state index contributed by atoms with van der Waals surface area (Å²) >= 11 is 0. The summed E-state index contributed by atoms with van der Waals surface area (Å²) in [4.78, 5) is 24.3. The summed E-state index contributed by atoms with van der Waals surface area (Å²) in [6, 6.07) is 6.44. The Balaban J connectivity index is 1.88. The van der Waals surface area contributed by atoms with Crippen molar-refractivity contribution in [1.82, 2.24) is 4.90 Å². The van der Waals surface area contributed by atoms with E-state index in [1.807, 2.05) is 0 Å². The first kappa shape index (κ1) is 11.8. The zero-order chi connectivity index (χ0) is 12.3. The number of aryl methyl sites for hydroxylation is 1. The quantitative estimate of drug-likeness (QED) is 0.797. The number of nitrogens with zero attached hydrogens (tertiary/aromatic N) is 1. The van der Waals surface area contributed by atoms with Gasteiger partial charge < -0.3 is 4.90 Å². The molecule has 0 spiro atoms. The molecule has 4 heteroatoms. The number of halogens is 1. The molecular weight excluding hydrogens is 221 g/mol. The largest absolute Gasteiger partial charge is 0.335 e. The van der Waals surface area contributed by atoms with E-state index < -0.39 is 0 Å². The van der Waals surface area contributed by atoms with Gasteiger partial charge in [-0.3, -0.25) is 9.59 Å². The smallest absolute Gasteiger partial charge is 0.223 e. The number of ketones is 1. The van der Waals surface area contributed by atoms with Gasteiger partial charge in [-0.25, -0.2) is 4.39 Å². The SMILES string of the molecule is O=C1CCN(C(=O)CCc2ccccc2F)C1. The predicted octanol–water partition coefficient (Wildman–Crippen LogP) is 1.56. The van der Waals surface area contributed by atoms with Crippen LogP contribution in [0.15, 0.2) is 24.3 Å². The molecule has 1 aliphatic rings. The molecule has 0 bridgehead atoms. The minimum Gasteiger partial charge on any atom is -0.335 e. The van der Waals surface area contributed by atoms with E-state index in [2.05, 4.69) is 0 Å². The molecule has 1 fully saturated rings. The monoisotopic (exact) mass is 235 g/mol. The molecule has 1 aromatic carbocycles. The normalized spacial score (nSPS) is 15.4. The highest BCUT2D eigenvalue weighted by Crippen LogP contribution is 2.12. The Hall–Kier alpha value is -1.71. The number of hydrogen-bond donors (Lipinski definition) is 0. The van der Waals surface area contributed by atoms with Crippen LogP contribution >= 0.6 is 0 Å². The van der Waals surface area contributed by atoms with Crippen LogP contribution < -0.4 is 0 Å². The molecule has 0 aliphatic carbocycles. The van der Waals surface area contributed by atoms with Gasteiger partial charge >= 0.3 is 0 Å². The fourth-order valence-corrected chi connectivity index (χ4v) is 1.94. The van der Waals surface area contributed by atoms with Gasteiger partial charge in [-0.15, -0.1) is 0 Å². The summed E-state index contributed by atoms with van der Waals surface area (Å²) in [5, 5.41) is 0. The van der Waals surface area contributed by atoms with Crippen molar-refractivity contribution in [2.75, 3.05) is 13.1 Å². The first-order chi connectivity index (χ1) is 8.16. The Kier molecular flexibility index (Phi) is 3.52. The number of rotatable bonds is 3. The van der Waals surface area contributed by atoms with E-state index in [4.69, 9.17) is 0 Å². The van der Waals surface area contributed by atoms with Crippen molar-refractivity contribution in [3.63, 3.8) is 0 Å². The number of carbonyl (C=O) groups is 2. The van der Waals surface area contributed by atoms with Crippen molar-refractivity contribution in [2.24, 2.45) is 0 Å². The van der Waals surface area contributed by atoms with Crippen molar-refractivity contribution in [3.8, 4) is 0 Å². The molecule has 1 heterocycles. The van der Waals surface area contributed by atoms with Crippen LogP contribution in [0.2, 0.25) is 0 Å². The lowest BCUT2D eigenvalue weighted by atomic mass is 10.1. The van der Waals surface area contributed by atoms with Gasteiger partial charge in [0.2, 0.25) is 5.91 Å². The van der Waals surface area contributed by atoms with Crippen LogP contribution in [0.4, 0.5) is 4.39 Å². The van der Waals surface area contributed by atoms with Crippen molar-refractivity contribution >= 4 is 11.7 Å². The maximum atomic E-state index is 13.3. The van der Waals surface area contributed by atoms with Crippen molar-refractivity contribution in [1.29, 1.82) is 0 Å². The number of carbonyl (C=O) groups excluding carboxylic acids is 2. The maximum Gasteiger partial charge on any atom is 0.223 e. The summed E-state index contributed by atoms with van der Waals surface area (Å²) in [6.45, 7) is 0.727. The number of likely N-dealkylation sites (tertiary alicyclic amines) is 1. The molecular formula is C13H14FNO2. The van der Waals surface area contributed by atoms with Gasteiger partial charge in [-0.05, 0) is 18.1 Å². The molecule has 1 saturated heterocycles. The van der Waals surface area contributed by atoms with E-state index in [0.717, 1.165) is 0 Å². The summed E-state index contributed by atoms with van der Waals surface area (Å²) in [7, 11) is 0. The van der Waals surface area contributed by atoms with Crippen molar-refractivity contribution < 1.29 is 14.0 Å². The topological polar surface area (TPSA) is 37.4 Å². The van der Waals surface area contributed by atoms with Crippen molar-refractivity contribution in [3.05, 3.63) is 35.6 Å². The Bertz CT molecular complexity index is 445. The lowest BCUT2D eigenvalue weighted by Gasteiger charge is -2.14. The predicted molar refractivity (Wildman–Crippen MR) is 60.9 cm³/mol. The maximum absolute atomic E-state index is 13.3. The third-order valence-corrected chi connectivity index (χ3v) is 2.95. The van der Waals surface area contributed by atoms with Gasteiger partial charge in [-0.1, -0.05) is 18.2 Å². The Labute approximate surface area is 99.2 Å². The molecule has 0 atom stereocenters. The molecule has 17 heavy (non-hydrogen) atoms. The molecule has 0 unspecified atom stereocenters. The van der Waals surface area contributed by atoms with E-state index in [1.165, 1.54) is 6.07 Å². The fourth-order valence-electron chi connectivity index (χ4n) is 1.94. The number of benzene rings is 1. The van der Waals surface area contributed by atoms with Crippen LogP contribution in [0.1, 0.15) is 18.4 Å². The van der Waals surface area contributed by atoms with E-state index in [0.29, 0.717) is 24.9 Å². The van der Waals surface area contributed by atoms with Gasteiger partial charge in [-0.2, -0.15) is 0 Å². The standard InChI is InChI=1S/C13H14FNO2/c14-12-4-2-1-3-10(12)5-6-13(17)15-8-7-11(16)9-15/h1-4H,5-9H2. The molecule has 0 N–H and O–H groups in total. The zero-order valence-electron chi connectivity index (χ0n) is 9.49. The second-order valence-corrected chi connectivity index (χ2v) is 4.20. The second-order valence-electron chi connectivity index (χ2n) is 4.20. The molecule has 3 nitrogen and oxygen atoms in total. The average Bonchev–Trinajstić information content (AvgIpc) is 2.74. The third kappa shape index (κ3) is 2.90. The lowest BCUT2D eigenvalue weighted by molar-refractivity contribution is -0.131.